The SMILES string of the molecule is Cc1cc(N2CC=C(c3ccc(F)cc3)[C@@H](O)C2)c(C(=O)O)cc1C(=O)O. The average molecular weight is 371 g/mol. The van der Waals surface area contributed by atoms with Crippen LogP contribution in [-0.4, -0.2) is 46.5 Å². The smallest absolute Gasteiger partial charge is 0.337 e. The number of hydrogen-bond donors (Lipinski definition) is 3. The lowest BCUT2D eigenvalue weighted by Crippen LogP contribution is -2.38. The lowest BCUT2D eigenvalue weighted by molar-refractivity contribution is 0.0695. The van der Waals surface area contributed by atoms with E-state index in [1.165, 1.54) is 18.2 Å². The Hall–Kier alpha value is -3.19. The van der Waals surface area contributed by atoms with Crippen molar-refractivity contribution >= 4 is 23.2 Å². The first-order chi connectivity index (χ1) is 12.8. The number of carboxylic acid groups (broad SMARTS) is 2. The van der Waals surface area contributed by atoms with Crippen molar-refractivity contribution in [2.24, 2.45) is 0 Å². The van der Waals surface area contributed by atoms with Crippen molar-refractivity contribution in [2.45, 2.75) is 13.0 Å². The van der Waals surface area contributed by atoms with E-state index in [2.05, 4.69) is 0 Å². The van der Waals surface area contributed by atoms with E-state index in [9.17, 15) is 29.3 Å². The first kappa shape index (κ1) is 18.6. The van der Waals surface area contributed by atoms with Crippen LogP contribution in [0.25, 0.3) is 5.57 Å². The van der Waals surface area contributed by atoms with E-state index in [4.69, 9.17) is 0 Å². The first-order valence-corrected chi connectivity index (χ1v) is 8.28. The molecule has 1 aliphatic heterocycles. The Morgan fingerprint density at radius 1 is 1.07 bits per heavy atom. The van der Waals surface area contributed by atoms with Gasteiger partial charge in [-0.1, -0.05) is 18.2 Å². The molecule has 1 atom stereocenters. The fraction of sp³-hybridized carbons (Fsp3) is 0.200. The quantitative estimate of drug-likeness (QED) is 0.765. The number of anilines is 1. The molecule has 2 aromatic carbocycles. The van der Waals surface area contributed by atoms with Gasteiger partial charge in [0.15, 0.2) is 0 Å². The molecule has 3 N–H and O–H groups in total. The van der Waals surface area contributed by atoms with Gasteiger partial charge >= 0.3 is 11.9 Å². The normalized spacial score (nSPS) is 16.8. The summed E-state index contributed by atoms with van der Waals surface area (Å²) in [6.45, 7) is 2.06. The Kier molecular flexibility index (Phi) is 4.96. The second-order valence-corrected chi connectivity index (χ2v) is 6.38. The largest absolute Gasteiger partial charge is 0.478 e. The van der Waals surface area contributed by atoms with Gasteiger partial charge < -0.3 is 20.2 Å². The van der Waals surface area contributed by atoms with E-state index in [1.807, 2.05) is 0 Å². The van der Waals surface area contributed by atoms with Crippen molar-refractivity contribution in [3.63, 3.8) is 0 Å². The summed E-state index contributed by atoms with van der Waals surface area (Å²) >= 11 is 0. The molecular weight excluding hydrogens is 353 g/mol. The third-order valence-corrected chi connectivity index (χ3v) is 4.61. The number of nitrogens with zero attached hydrogens (tertiary/aromatic N) is 1. The number of benzene rings is 2. The second-order valence-electron chi connectivity index (χ2n) is 6.38. The molecular formula is C20H18FNO5. The fourth-order valence-corrected chi connectivity index (χ4v) is 3.23. The third-order valence-electron chi connectivity index (χ3n) is 4.61. The average Bonchev–Trinajstić information content (AvgIpc) is 2.61. The highest BCUT2D eigenvalue weighted by Crippen LogP contribution is 2.30. The fourth-order valence-electron chi connectivity index (χ4n) is 3.23. The minimum Gasteiger partial charge on any atom is -0.478 e. The van der Waals surface area contributed by atoms with Crippen LogP contribution in [0.4, 0.5) is 10.1 Å². The molecule has 6 nitrogen and oxygen atoms in total. The lowest BCUT2D eigenvalue weighted by atomic mass is 9.95. The molecule has 27 heavy (non-hydrogen) atoms. The van der Waals surface area contributed by atoms with E-state index in [-0.39, 0.29) is 23.5 Å². The zero-order valence-electron chi connectivity index (χ0n) is 14.5. The van der Waals surface area contributed by atoms with Crippen molar-refractivity contribution < 1.29 is 29.3 Å². The minimum absolute atomic E-state index is 0.0729. The van der Waals surface area contributed by atoms with Gasteiger partial charge in [-0.15, -0.1) is 0 Å². The molecule has 0 saturated carbocycles. The Morgan fingerprint density at radius 3 is 2.26 bits per heavy atom. The Labute approximate surface area is 154 Å². The summed E-state index contributed by atoms with van der Waals surface area (Å²) in [5.41, 5.74) is 1.91. The van der Waals surface area contributed by atoms with Crippen molar-refractivity contribution in [3.05, 3.63) is 70.5 Å². The maximum atomic E-state index is 13.1. The summed E-state index contributed by atoms with van der Waals surface area (Å²) in [4.78, 5) is 24.6. The molecule has 0 radical (unpaired) electrons. The molecule has 0 amide bonds. The van der Waals surface area contributed by atoms with E-state index in [1.54, 1.807) is 30.0 Å². The summed E-state index contributed by atoms with van der Waals surface area (Å²) in [7, 11) is 0. The van der Waals surface area contributed by atoms with Gasteiger partial charge in [-0.25, -0.2) is 14.0 Å². The van der Waals surface area contributed by atoms with Crippen LogP contribution < -0.4 is 4.90 Å². The van der Waals surface area contributed by atoms with Gasteiger partial charge in [-0.05, 0) is 47.9 Å². The molecule has 0 saturated heterocycles. The van der Waals surface area contributed by atoms with Crippen LogP contribution in [0.5, 0.6) is 0 Å². The van der Waals surface area contributed by atoms with E-state index in [0.29, 0.717) is 28.9 Å². The van der Waals surface area contributed by atoms with Crippen LogP contribution in [0.3, 0.4) is 0 Å². The minimum atomic E-state index is -1.24. The van der Waals surface area contributed by atoms with E-state index in [0.717, 1.165) is 6.07 Å². The molecule has 140 valence electrons. The Bertz CT molecular complexity index is 936. The van der Waals surface area contributed by atoms with Crippen LogP contribution in [0, 0.1) is 12.7 Å². The maximum absolute atomic E-state index is 13.1. The first-order valence-electron chi connectivity index (χ1n) is 8.28. The number of aliphatic hydroxyl groups excluding tert-OH is 1. The number of carboxylic acids is 2. The van der Waals surface area contributed by atoms with Gasteiger partial charge in [0.25, 0.3) is 0 Å². The molecule has 1 heterocycles. The van der Waals surface area contributed by atoms with Crippen LogP contribution in [0.1, 0.15) is 31.8 Å². The molecule has 0 unspecified atom stereocenters. The Balaban J connectivity index is 1.97. The van der Waals surface area contributed by atoms with Crippen LogP contribution in [-0.2, 0) is 0 Å². The van der Waals surface area contributed by atoms with Crippen molar-refractivity contribution in [3.8, 4) is 0 Å². The molecule has 0 bridgehead atoms. The van der Waals surface area contributed by atoms with Crippen molar-refractivity contribution in [1.82, 2.24) is 0 Å². The van der Waals surface area contributed by atoms with Gasteiger partial charge in [-0.2, -0.15) is 0 Å². The molecule has 0 spiro atoms. The predicted molar refractivity (Wildman–Crippen MR) is 97.7 cm³/mol. The number of aromatic carboxylic acids is 2. The topological polar surface area (TPSA) is 98.1 Å². The third kappa shape index (κ3) is 3.68. The molecule has 0 fully saturated rings. The Morgan fingerprint density at radius 2 is 1.70 bits per heavy atom. The zero-order chi connectivity index (χ0) is 19.7. The number of β-amino-alcohol motifs (C(OH)–C–C–N with tert-alkyl or cyclic N) is 1. The van der Waals surface area contributed by atoms with Gasteiger partial charge in [0.2, 0.25) is 0 Å². The highest BCUT2D eigenvalue weighted by molar-refractivity contribution is 5.99. The lowest BCUT2D eigenvalue weighted by Gasteiger charge is -2.33. The number of rotatable bonds is 4. The molecule has 2 aromatic rings. The van der Waals surface area contributed by atoms with Gasteiger partial charge in [0.1, 0.15) is 5.82 Å². The molecule has 7 heteroatoms. The van der Waals surface area contributed by atoms with Crippen LogP contribution in [0.2, 0.25) is 0 Å². The monoisotopic (exact) mass is 371 g/mol. The zero-order valence-corrected chi connectivity index (χ0v) is 14.5. The number of aryl methyl sites for hydroxylation is 1. The standard InChI is InChI=1S/C20H18FNO5/c1-11-8-17(16(20(26)27)9-15(11)19(24)25)22-7-6-14(18(23)10-22)12-2-4-13(21)5-3-12/h2-6,8-9,18,23H,7,10H2,1H3,(H,24,25)(H,26,27)/t18-/m0/s1. The summed E-state index contributed by atoms with van der Waals surface area (Å²) in [6, 6.07) is 8.43. The highest BCUT2D eigenvalue weighted by Gasteiger charge is 2.26. The number of hydrogen-bond acceptors (Lipinski definition) is 4. The molecule has 0 aromatic heterocycles. The van der Waals surface area contributed by atoms with Gasteiger partial charge in [0.05, 0.1) is 22.9 Å². The molecule has 3 rings (SSSR count). The van der Waals surface area contributed by atoms with Gasteiger partial charge in [0, 0.05) is 13.1 Å². The highest BCUT2D eigenvalue weighted by atomic mass is 19.1. The second kappa shape index (κ2) is 7.20. The summed E-state index contributed by atoms with van der Waals surface area (Å²) < 4.78 is 13.1. The van der Waals surface area contributed by atoms with Gasteiger partial charge in [-0.3, -0.25) is 0 Å². The van der Waals surface area contributed by atoms with Crippen molar-refractivity contribution in [1.29, 1.82) is 0 Å². The summed E-state index contributed by atoms with van der Waals surface area (Å²) in [5, 5.41) is 29.2. The van der Waals surface area contributed by atoms with Crippen LogP contribution >= 0.6 is 0 Å². The summed E-state index contributed by atoms with van der Waals surface area (Å²) in [6.07, 6.45) is 0.860. The van der Waals surface area contributed by atoms with E-state index < -0.39 is 18.0 Å². The summed E-state index contributed by atoms with van der Waals surface area (Å²) in [5.74, 6) is -2.81. The maximum Gasteiger partial charge on any atom is 0.337 e. The van der Waals surface area contributed by atoms with E-state index >= 15 is 0 Å². The van der Waals surface area contributed by atoms with Crippen LogP contribution in [0.15, 0.2) is 42.5 Å². The number of carbonyl (C=O) groups is 2. The number of halogens is 1. The molecule has 0 aliphatic carbocycles. The van der Waals surface area contributed by atoms with Crippen molar-refractivity contribution in [2.75, 3.05) is 18.0 Å². The number of aliphatic hydroxyl groups is 1. The predicted octanol–water partition coefficient (Wildman–Crippen LogP) is 2.80. The molecule has 1 aliphatic rings.